The minimum absolute atomic E-state index is 0.368. The fourth-order valence-corrected chi connectivity index (χ4v) is 4.10. The number of allylic oxidation sites excluding steroid dienone is 4. The molecule has 0 N–H and O–H groups in total. The van der Waals surface area contributed by atoms with Gasteiger partial charge in [0, 0.05) is 45.2 Å². The number of fused-ring (bicyclic) bond motifs is 1. The van der Waals surface area contributed by atoms with Gasteiger partial charge in [0.15, 0.2) is 0 Å². The highest BCUT2D eigenvalue weighted by molar-refractivity contribution is 14.2. The van der Waals surface area contributed by atoms with E-state index in [0.717, 1.165) is 26.2 Å². The van der Waals surface area contributed by atoms with Crippen molar-refractivity contribution in [2.75, 3.05) is 7.11 Å². The van der Waals surface area contributed by atoms with Crippen LogP contribution in [0.5, 0.6) is 5.75 Å². The summed E-state index contributed by atoms with van der Waals surface area (Å²) in [5.41, 5.74) is 2.80. The highest BCUT2D eigenvalue weighted by Gasteiger charge is 2.15. The highest BCUT2D eigenvalue weighted by atomic mass is 127. The zero-order chi connectivity index (χ0) is 19.2. The Morgan fingerprint density at radius 1 is 1.41 bits per heavy atom. The molecule has 27 heavy (non-hydrogen) atoms. The molecule has 2 aromatic heterocycles. The lowest BCUT2D eigenvalue weighted by molar-refractivity contribution is 0.300. The maximum atomic E-state index is 5.71. The first-order chi connectivity index (χ1) is 13.1. The third kappa shape index (κ3) is 4.79. The molecule has 0 fully saturated rings. The van der Waals surface area contributed by atoms with E-state index < -0.39 is 21.0 Å². The van der Waals surface area contributed by atoms with Crippen LogP contribution in [0.15, 0.2) is 73.1 Å². The standard InChI is InChI=1S/C20H21IN4O2/c1-5-14(2)9-19(26-4)15(3)18-12-25-11-16(23-20(25)24-21-18)13-27-17-7-6-8-22-10-17/h5-12H,3,13H2,1-2,4H3/b14-5-,19-9+. The smallest absolute Gasteiger partial charge is 0.239 e. The molecular weight excluding hydrogens is 455 g/mol. The van der Waals surface area contributed by atoms with Gasteiger partial charge in [0.05, 0.1) is 22.6 Å². The van der Waals surface area contributed by atoms with Crippen LogP contribution in [-0.4, -0.2) is 21.6 Å². The van der Waals surface area contributed by atoms with Gasteiger partial charge in [-0.3, -0.25) is 9.55 Å². The van der Waals surface area contributed by atoms with Gasteiger partial charge in [-0.05, 0) is 32.1 Å². The molecule has 7 heteroatoms. The van der Waals surface area contributed by atoms with Crippen LogP contribution in [0.25, 0.3) is 6.20 Å². The van der Waals surface area contributed by atoms with Crippen molar-refractivity contribution in [1.29, 1.82) is 0 Å². The van der Waals surface area contributed by atoms with Crippen LogP contribution in [0.2, 0.25) is 0 Å². The maximum absolute atomic E-state index is 5.71. The fourth-order valence-electron chi connectivity index (χ4n) is 2.28. The molecule has 0 radical (unpaired) electrons. The van der Waals surface area contributed by atoms with Crippen molar-refractivity contribution >= 4 is 33.2 Å². The van der Waals surface area contributed by atoms with E-state index in [2.05, 4.69) is 19.7 Å². The average molecular weight is 476 g/mol. The molecule has 0 atom stereocenters. The lowest BCUT2D eigenvalue weighted by atomic mass is 10.1. The molecule has 2 aromatic rings. The first-order valence-corrected chi connectivity index (χ1v) is 10.4. The lowest BCUT2D eigenvalue weighted by Crippen LogP contribution is -1.96. The molecule has 0 saturated carbocycles. The number of pyridine rings is 1. The maximum Gasteiger partial charge on any atom is 0.239 e. The molecule has 140 valence electrons. The molecular formula is C20H21IN4O2. The molecule has 6 nitrogen and oxygen atoms in total. The molecule has 0 spiro atoms. The Hall–Kier alpha value is -2.55. The summed E-state index contributed by atoms with van der Waals surface area (Å²) in [6.07, 6.45) is 11.4. The summed E-state index contributed by atoms with van der Waals surface area (Å²) >= 11 is -0.579. The van der Waals surface area contributed by atoms with E-state index in [9.17, 15) is 0 Å². The SMILES string of the molecule is C=C(C1=Cn2cc(COc3cccnc3)nc2N=I1)/C(=C\C(C)=C/C)OC. The van der Waals surface area contributed by atoms with Gasteiger partial charge >= 0.3 is 0 Å². The van der Waals surface area contributed by atoms with E-state index in [-0.39, 0.29) is 0 Å². The lowest BCUT2D eigenvalue weighted by Gasteiger charge is -2.12. The molecule has 3 rings (SSSR count). The number of hydrogen-bond acceptors (Lipinski definition) is 5. The molecule has 0 amide bonds. The topological polar surface area (TPSA) is 61.5 Å². The van der Waals surface area contributed by atoms with Gasteiger partial charge in [-0.25, -0.2) is 4.98 Å². The van der Waals surface area contributed by atoms with Crippen LogP contribution < -0.4 is 4.74 Å². The van der Waals surface area contributed by atoms with Crippen LogP contribution in [-0.2, 0) is 11.3 Å². The summed E-state index contributed by atoms with van der Waals surface area (Å²) in [6.45, 7) is 8.60. The number of hydrogen-bond donors (Lipinski definition) is 0. The summed E-state index contributed by atoms with van der Waals surface area (Å²) in [5.74, 6) is 2.18. The number of imidazole rings is 1. The molecule has 3 heterocycles. The summed E-state index contributed by atoms with van der Waals surface area (Å²) in [5, 5.41) is 0. The van der Waals surface area contributed by atoms with Gasteiger partial charge in [-0.15, -0.1) is 0 Å². The highest BCUT2D eigenvalue weighted by Crippen LogP contribution is 2.37. The number of methoxy groups -OCH3 is 1. The first kappa shape index (κ1) is 19.2. The third-order valence-electron chi connectivity index (χ3n) is 3.86. The number of ether oxygens (including phenoxy) is 2. The Balaban J connectivity index is 1.76. The van der Waals surface area contributed by atoms with Crippen LogP contribution in [0, 0.1) is 0 Å². The normalized spacial score (nSPS) is 14.1. The largest absolute Gasteiger partial charge is 0.496 e. The zero-order valence-corrected chi connectivity index (χ0v) is 17.7. The van der Waals surface area contributed by atoms with E-state index >= 15 is 0 Å². The first-order valence-electron chi connectivity index (χ1n) is 8.36. The zero-order valence-electron chi connectivity index (χ0n) is 15.5. The van der Waals surface area contributed by atoms with Crippen molar-refractivity contribution in [3.63, 3.8) is 0 Å². The number of halogens is 1. The van der Waals surface area contributed by atoms with Gasteiger partial charge in [0.1, 0.15) is 18.1 Å². The Bertz CT molecular complexity index is 956. The summed E-state index contributed by atoms with van der Waals surface area (Å²) in [7, 11) is 1.66. The van der Waals surface area contributed by atoms with E-state index in [1.54, 1.807) is 19.5 Å². The van der Waals surface area contributed by atoms with Gasteiger partial charge in [-0.2, -0.15) is 3.15 Å². The molecule has 0 bridgehead atoms. The van der Waals surface area contributed by atoms with Crippen molar-refractivity contribution in [3.05, 3.63) is 75.6 Å². The van der Waals surface area contributed by atoms with E-state index in [4.69, 9.17) is 9.47 Å². The monoisotopic (exact) mass is 476 g/mol. The van der Waals surface area contributed by atoms with Crippen molar-refractivity contribution < 1.29 is 9.47 Å². The van der Waals surface area contributed by atoms with Gasteiger partial charge in [0.2, 0.25) is 5.95 Å². The van der Waals surface area contributed by atoms with Crippen LogP contribution >= 0.6 is 21.0 Å². The van der Waals surface area contributed by atoms with Crippen molar-refractivity contribution in [2.45, 2.75) is 20.5 Å². The van der Waals surface area contributed by atoms with Crippen molar-refractivity contribution in [1.82, 2.24) is 14.5 Å². The number of rotatable bonds is 7. The molecule has 1 aliphatic heterocycles. The van der Waals surface area contributed by atoms with Gasteiger partial charge < -0.3 is 9.47 Å². The Kier molecular flexibility index (Phi) is 6.33. The number of nitrogens with zero attached hydrogens (tertiary/aromatic N) is 4. The molecule has 0 aliphatic carbocycles. The molecule has 0 unspecified atom stereocenters. The van der Waals surface area contributed by atoms with Crippen LogP contribution in [0.3, 0.4) is 0 Å². The second-order valence-corrected chi connectivity index (χ2v) is 7.91. The van der Waals surface area contributed by atoms with E-state index in [1.165, 1.54) is 0 Å². The molecule has 0 saturated heterocycles. The second kappa shape index (κ2) is 8.90. The Morgan fingerprint density at radius 3 is 2.96 bits per heavy atom. The van der Waals surface area contributed by atoms with Crippen molar-refractivity contribution in [2.24, 2.45) is 3.15 Å². The molecule has 1 aliphatic rings. The van der Waals surface area contributed by atoms with E-state index in [0.29, 0.717) is 18.3 Å². The average Bonchev–Trinajstić information content (AvgIpc) is 3.12. The minimum atomic E-state index is -0.579. The van der Waals surface area contributed by atoms with Crippen LogP contribution in [0.1, 0.15) is 19.5 Å². The van der Waals surface area contributed by atoms with Gasteiger partial charge in [0.25, 0.3) is 0 Å². The second-order valence-electron chi connectivity index (χ2n) is 5.79. The van der Waals surface area contributed by atoms with E-state index in [1.807, 2.05) is 55.1 Å². The summed E-state index contributed by atoms with van der Waals surface area (Å²) < 4.78 is 18.9. The van der Waals surface area contributed by atoms with Crippen molar-refractivity contribution in [3.8, 4) is 5.75 Å². The Labute approximate surface area is 169 Å². The molecule has 0 aromatic carbocycles. The summed E-state index contributed by atoms with van der Waals surface area (Å²) in [6, 6.07) is 3.70. The summed E-state index contributed by atoms with van der Waals surface area (Å²) in [4.78, 5) is 8.57. The quantitative estimate of drug-likeness (QED) is 0.301. The predicted molar refractivity (Wildman–Crippen MR) is 115 cm³/mol. The Morgan fingerprint density at radius 2 is 2.26 bits per heavy atom. The minimum Gasteiger partial charge on any atom is -0.496 e. The fraction of sp³-hybridized carbons (Fsp3) is 0.200. The third-order valence-corrected chi connectivity index (χ3v) is 5.99. The van der Waals surface area contributed by atoms with Crippen LogP contribution in [0.4, 0.5) is 5.95 Å². The predicted octanol–water partition coefficient (Wildman–Crippen LogP) is 5.51. The number of aromatic nitrogens is 3. The van der Waals surface area contributed by atoms with Gasteiger partial charge in [-0.1, -0.05) is 18.2 Å².